The smallest absolute Gasteiger partial charge is 0.258 e. The molecule has 0 aliphatic rings. The van der Waals surface area contributed by atoms with Gasteiger partial charge in [0, 0.05) is 5.56 Å². The van der Waals surface area contributed by atoms with Crippen LogP contribution in [0.25, 0.3) is 21.0 Å². The molecular weight excluding hydrogens is 388 g/mol. The van der Waals surface area contributed by atoms with Gasteiger partial charge in [-0.05, 0) is 55.5 Å². The zero-order chi connectivity index (χ0) is 20.2. The van der Waals surface area contributed by atoms with Gasteiger partial charge in [-0.15, -0.1) is 11.3 Å². The highest BCUT2D eigenvalue weighted by atomic mass is 32.1. The molecule has 6 nitrogen and oxygen atoms in total. The number of hydrogen-bond acceptors (Lipinski definition) is 6. The van der Waals surface area contributed by atoms with Crippen LogP contribution in [0.1, 0.15) is 23.0 Å². The van der Waals surface area contributed by atoms with E-state index in [0.717, 1.165) is 15.2 Å². The lowest BCUT2D eigenvalue weighted by atomic mass is 10.1. The van der Waals surface area contributed by atoms with E-state index in [9.17, 15) is 9.59 Å². The summed E-state index contributed by atoms with van der Waals surface area (Å²) in [6.07, 6.45) is 0. The van der Waals surface area contributed by atoms with Gasteiger partial charge in [0.25, 0.3) is 5.91 Å². The lowest BCUT2D eigenvalue weighted by molar-refractivity contribution is -0.123. The van der Waals surface area contributed by atoms with E-state index >= 15 is 0 Å². The third-order valence-corrected chi connectivity index (χ3v) is 5.31. The van der Waals surface area contributed by atoms with Gasteiger partial charge in [0.1, 0.15) is 11.5 Å². The summed E-state index contributed by atoms with van der Waals surface area (Å²) in [6.45, 7) is 1.64. The van der Waals surface area contributed by atoms with Crippen molar-refractivity contribution in [1.29, 1.82) is 0 Å². The molecule has 1 N–H and O–H groups in total. The van der Waals surface area contributed by atoms with Crippen molar-refractivity contribution in [3.8, 4) is 16.5 Å². The first-order valence-electron chi connectivity index (χ1n) is 9.03. The van der Waals surface area contributed by atoms with E-state index in [2.05, 4.69) is 10.3 Å². The fourth-order valence-corrected chi connectivity index (χ4v) is 3.66. The molecule has 4 aromatic rings. The average Bonchev–Trinajstić information content (AvgIpc) is 3.37. The van der Waals surface area contributed by atoms with Crippen LogP contribution in [0.2, 0.25) is 0 Å². The zero-order valence-electron chi connectivity index (χ0n) is 15.7. The van der Waals surface area contributed by atoms with Crippen LogP contribution in [0.4, 0.5) is 0 Å². The standard InChI is InChI=1S/C22H18N2O4S/c1-14(25)15-6-8-16(9-7-15)27-13-21(26)23-12-17-10-11-19(28-17)22-24-18-4-2-3-5-20(18)29-22/h2-11H,12-13H2,1H3,(H,23,26). The van der Waals surface area contributed by atoms with Crippen molar-refractivity contribution < 1.29 is 18.7 Å². The number of thiazole rings is 1. The summed E-state index contributed by atoms with van der Waals surface area (Å²) in [6, 6.07) is 18.3. The molecule has 7 heteroatoms. The van der Waals surface area contributed by atoms with Crippen LogP contribution in [-0.2, 0) is 11.3 Å². The second-order valence-corrected chi connectivity index (χ2v) is 7.43. The number of fused-ring (bicyclic) bond motifs is 1. The number of rotatable bonds is 7. The zero-order valence-corrected chi connectivity index (χ0v) is 16.5. The molecule has 0 saturated carbocycles. The molecule has 4 rings (SSSR count). The summed E-state index contributed by atoms with van der Waals surface area (Å²) in [5.41, 5.74) is 1.54. The second kappa shape index (κ2) is 8.28. The van der Waals surface area contributed by atoms with Gasteiger partial charge in [-0.1, -0.05) is 12.1 Å². The van der Waals surface area contributed by atoms with Crippen LogP contribution in [0, 0.1) is 0 Å². The number of nitrogens with zero attached hydrogens (tertiary/aromatic N) is 1. The Balaban J connectivity index is 1.30. The number of carbonyl (C=O) groups is 2. The third kappa shape index (κ3) is 4.52. The average molecular weight is 406 g/mol. The number of nitrogens with one attached hydrogen (secondary N) is 1. The monoisotopic (exact) mass is 406 g/mol. The van der Waals surface area contributed by atoms with Crippen LogP contribution in [-0.4, -0.2) is 23.3 Å². The van der Waals surface area contributed by atoms with Crippen molar-refractivity contribution in [2.45, 2.75) is 13.5 Å². The Morgan fingerprint density at radius 3 is 2.62 bits per heavy atom. The molecule has 0 aliphatic carbocycles. The molecule has 0 atom stereocenters. The number of Topliss-reactive ketones (excluding diaryl/α,β-unsaturated/α-hetero) is 1. The number of ketones is 1. The molecule has 0 bridgehead atoms. The molecule has 2 aromatic heterocycles. The molecule has 2 heterocycles. The summed E-state index contributed by atoms with van der Waals surface area (Å²) >= 11 is 1.56. The van der Waals surface area contributed by atoms with Crippen LogP contribution in [0.15, 0.2) is 65.1 Å². The van der Waals surface area contributed by atoms with E-state index in [0.29, 0.717) is 22.8 Å². The maximum Gasteiger partial charge on any atom is 0.258 e. The van der Waals surface area contributed by atoms with Crippen LogP contribution in [0.5, 0.6) is 5.75 Å². The van der Waals surface area contributed by atoms with Gasteiger partial charge in [-0.2, -0.15) is 0 Å². The molecular formula is C22H18N2O4S. The molecule has 0 radical (unpaired) electrons. The van der Waals surface area contributed by atoms with Gasteiger partial charge in [0.05, 0.1) is 16.8 Å². The van der Waals surface area contributed by atoms with Gasteiger partial charge in [-0.3, -0.25) is 9.59 Å². The first-order valence-corrected chi connectivity index (χ1v) is 9.85. The van der Waals surface area contributed by atoms with Gasteiger partial charge in [0.2, 0.25) is 0 Å². The van der Waals surface area contributed by atoms with Crippen LogP contribution < -0.4 is 10.1 Å². The van der Waals surface area contributed by atoms with Gasteiger partial charge < -0.3 is 14.5 Å². The Bertz CT molecular complexity index is 1130. The number of benzene rings is 2. The summed E-state index contributed by atoms with van der Waals surface area (Å²) in [7, 11) is 0. The number of carbonyl (C=O) groups excluding carboxylic acids is 2. The molecule has 0 fully saturated rings. The molecule has 146 valence electrons. The van der Waals surface area contributed by atoms with E-state index in [1.54, 1.807) is 35.6 Å². The van der Waals surface area contributed by atoms with Crippen molar-refractivity contribution in [2.24, 2.45) is 0 Å². The number of furan rings is 1. The third-order valence-electron chi connectivity index (χ3n) is 4.26. The van der Waals surface area contributed by atoms with Crippen LogP contribution in [0.3, 0.4) is 0 Å². The molecule has 29 heavy (non-hydrogen) atoms. The Hall–Kier alpha value is -3.45. The summed E-state index contributed by atoms with van der Waals surface area (Å²) < 4.78 is 12.3. The van der Waals surface area contributed by atoms with Crippen molar-refractivity contribution in [3.05, 3.63) is 72.0 Å². The maximum atomic E-state index is 12.0. The predicted octanol–water partition coefficient (Wildman–Crippen LogP) is 4.45. The molecule has 0 saturated heterocycles. The molecule has 1 amide bonds. The van der Waals surface area contributed by atoms with Gasteiger partial charge >= 0.3 is 0 Å². The van der Waals surface area contributed by atoms with Gasteiger partial charge in [-0.25, -0.2) is 4.98 Å². The topological polar surface area (TPSA) is 81.4 Å². The minimum Gasteiger partial charge on any atom is -0.484 e. The number of ether oxygens (including phenoxy) is 1. The Morgan fingerprint density at radius 1 is 1.07 bits per heavy atom. The highest BCUT2D eigenvalue weighted by Crippen LogP contribution is 2.31. The quantitative estimate of drug-likeness (QED) is 0.459. The van der Waals surface area contributed by atoms with Crippen molar-refractivity contribution >= 4 is 33.2 Å². The number of amides is 1. The van der Waals surface area contributed by atoms with E-state index in [1.165, 1.54) is 6.92 Å². The molecule has 0 aliphatic heterocycles. The highest BCUT2D eigenvalue weighted by Gasteiger charge is 2.11. The second-order valence-electron chi connectivity index (χ2n) is 6.40. The Morgan fingerprint density at radius 2 is 1.86 bits per heavy atom. The van der Waals surface area contributed by atoms with E-state index in [1.807, 2.05) is 36.4 Å². The van der Waals surface area contributed by atoms with Crippen LogP contribution >= 0.6 is 11.3 Å². The molecule has 0 spiro atoms. The minimum atomic E-state index is -0.265. The highest BCUT2D eigenvalue weighted by molar-refractivity contribution is 7.21. The van der Waals surface area contributed by atoms with E-state index in [4.69, 9.17) is 9.15 Å². The number of aromatic nitrogens is 1. The fraction of sp³-hybridized carbons (Fsp3) is 0.136. The fourth-order valence-electron chi connectivity index (χ4n) is 2.74. The van der Waals surface area contributed by atoms with Crippen molar-refractivity contribution in [1.82, 2.24) is 10.3 Å². The summed E-state index contributed by atoms with van der Waals surface area (Å²) in [4.78, 5) is 27.8. The lowest BCUT2D eigenvalue weighted by Gasteiger charge is -2.07. The number of para-hydroxylation sites is 1. The predicted molar refractivity (Wildman–Crippen MR) is 111 cm³/mol. The summed E-state index contributed by atoms with van der Waals surface area (Å²) in [5.74, 6) is 1.56. The van der Waals surface area contributed by atoms with Crippen molar-refractivity contribution in [2.75, 3.05) is 6.61 Å². The Kier molecular flexibility index (Phi) is 5.39. The first-order chi connectivity index (χ1) is 14.1. The van der Waals surface area contributed by atoms with E-state index < -0.39 is 0 Å². The number of hydrogen-bond donors (Lipinski definition) is 1. The molecule has 0 unspecified atom stereocenters. The van der Waals surface area contributed by atoms with E-state index in [-0.39, 0.29) is 24.8 Å². The first kappa shape index (κ1) is 18.9. The minimum absolute atomic E-state index is 0.0158. The normalized spacial score (nSPS) is 10.8. The summed E-state index contributed by atoms with van der Waals surface area (Å²) in [5, 5.41) is 3.57. The van der Waals surface area contributed by atoms with Gasteiger partial charge in [0.15, 0.2) is 23.2 Å². The SMILES string of the molecule is CC(=O)c1ccc(OCC(=O)NCc2ccc(-c3nc4ccccc4s3)o2)cc1. The lowest BCUT2D eigenvalue weighted by Crippen LogP contribution is -2.28. The maximum absolute atomic E-state index is 12.0. The largest absolute Gasteiger partial charge is 0.484 e. The van der Waals surface area contributed by atoms with Crippen molar-refractivity contribution in [3.63, 3.8) is 0 Å². The Labute approximate surface area is 171 Å². The molecule has 2 aromatic carbocycles.